The lowest BCUT2D eigenvalue weighted by molar-refractivity contribution is 0.516. The number of nitrogens with one attached hydrogen (secondary N) is 1. The molecule has 1 atom stereocenters. The van der Waals surface area contributed by atoms with Crippen molar-refractivity contribution in [3.05, 3.63) is 51.3 Å². The molecule has 1 unspecified atom stereocenters. The summed E-state index contributed by atoms with van der Waals surface area (Å²) >= 11 is 3.63. The Kier molecular flexibility index (Phi) is 4.96. The number of hydrogen-bond donors (Lipinski definition) is 2. The van der Waals surface area contributed by atoms with Gasteiger partial charge in [-0.2, -0.15) is 5.10 Å². The number of nitrogens with zero attached hydrogens (tertiary/aromatic N) is 2. The van der Waals surface area contributed by atoms with Crippen LogP contribution >= 0.6 is 15.9 Å². The zero-order chi connectivity index (χ0) is 14.7. The molecule has 0 aliphatic heterocycles. The molecule has 0 fully saturated rings. The second kappa shape index (κ2) is 6.52. The standard InChI is InChI=1S/C15H21BrN4/c1-4-20-14(15(16)11(3)19-20)9-13(18-17)12-7-5-10(2)6-8-12/h5-8,13,18H,4,9,17H2,1-3H3. The van der Waals surface area contributed by atoms with E-state index in [4.69, 9.17) is 5.84 Å². The second-order valence-corrected chi connectivity index (χ2v) is 5.79. The van der Waals surface area contributed by atoms with Gasteiger partial charge in [-0.3, -0.25) is 16.0 Å². The molecule has 0 aliphatic carbocycles. The van der Waals surface area contributed by atoms with Crippen LogP contribution in [0.15, 0.2) is 28.7 Å². The average molecular weight is 337 g/mol. The van der Waals surface area contributed by atoms with Crippen molar-refractivity contribution in [1.29, 1.82) is 0 Å². The highest BCUT2D eigenvalue weighted by atomic mass is 79.9. The number of benzene rings is 1. The number of hydrazine groups is 1. The minimum atomic E-state index is 0.0771. The highest BCUT2D eigenvalue weighted by molar-refractivity contribution is 9.10. The Morgan fingerprint density at radius 2 is 1.95 bits per heavy atom. The molecule has 2 rings (SSSR count). The molecule has 5 heteroatoms. The van der Waals surface area contributed by atoms with Crippen molar-refractivity contribution < 1.29 is 0 Å². The van der Waals surface area contributed by atoms with E-state index in [1.54, 1.807) is 0 Å². The van der Waals surface area contributed by atoms with E-state index in [2.05, 4.69) is 64.6 Å². The van der Waals surface area contributed by atoms with Crippen LogP contribution in [-0.2, 0) is 13.0 Å². The molecule has 0 spiro atoms. The molecule has 20 heavy (non-hydrogen) atoms. The van der Waals surface area contributed by atoms with Crippen molar-refractivity contribution in [3.63, 3.8) is 0 Å². The van der Waals surface area contributed by atoms with Crippen molar-refractivity contribution in [3.8, 4) is 0 Å². The van der Waals surface area contributed by atoms with Gasteiger partial charge in [0.05, 0.1) is 21.9 Å². The molecule has 1 heterocycles. The summed E-state index contributed by atoms with van der Waals surface area (Å²) in [4.78, 5) is 0. The van der Waals surface area contributed by atoms with Crippen molar-refractivity contribution in [2.75, 3.05) is 0 Å². The molecule has 0 bridgehead atoms. The third-order valence-corrected chi connectivity index (χ3v) is 4.56. The van der Waals surface area contributed by atoms with E-state index in [1.165, 1.54) is 16.8 Å². The van der Waals surface area contributed by atoms with Gasteiger partial charge < -0.3 is 0 Å². The van der Waals surface area contributed by atoms with Crippen molar-refractivity contribution >= 4 is 15.9 Å². The molecule has 0 amide bonds. The summed E-state index contributed by atoms with van der Waals surface area (Å²) in [6, 6.07) is 8.53. The fraction of sp³-hybridized carbons (Fsp3) is 0.400. The van der Waals surface area contributed by atoms with Crippen LogP contribution in [0.3, 0.4) is 0 Å². The lowest BCUT2D eigenvalue weighted by atomic mass is 10.0. The predicted octanol–water partition coefficient (Wildman–Crippen LogP) is 3.03. The lowest BCUT2D eigenvalue weighted by Gasteiger charge is -2.17. The zero-order valence-corrected chi connectivity index (χ0v) is 13.7. The summed E-state index contributed by atoms with van der Waals surface area (Å²) in [5.41, 5.74) is 7.54. The lowest BCUT2D eigenvalue weighted by Crippen LogP contribution is -2.30. The zero-order valence-electron chi connectivity index (χ0n) is 12.2. The van der Waals surface area contributed by atoms with E-state index in [9.17, 15) is 0 Å². The van der Waals surface area contributed by atoms with Crippen LogP contribution in [0.1, 0.15) is 35.5 Å². The smallest absolute Gasteiger partial charge is 0.0738 e. The molecule has 4 nitrogen and oxygen atoms in total. The Bertz CT molecular complexity index is 574. The molecular formula is C15H21BrN4. The Hall–Kier alpha value is -1.17. The molecule has 3 N–H and O–H groups in total. The maximum absolute atomic E-state index is 5.74. The van der Waals surface area contributed by atoms with Crippen molar-refractivity contribution in [2.45, 2.75) is 39.8 Å². The third kappa shape index (κ3) is 3.11. The van der Waals surface area contributed by atoms with Crippen LogP contribution < -0.4 is 11.3 Å². The summed E-state index contributed by atoms with van der Waals surface area (Å²) < 4.78 is 3.10. The third-order valence-electron chi connectivity index (χ3n) is 3.53. The number of nitrogens with two attached hydrogens (primary N) is 1. The quantitative estimate of drug-likeness (QED) is 0.651. The monoisotopic (exact) mass is 336 g/mol. The van der Waals surface area contributed by atoms with Gasteiger partial charge in [-0.05, 0) is 42.3 Å². The molecule has 1 aromatic carbocycles. The van der Waals surface area contributed by atoms with Crippen LogP contribution in [0, 0.1) is 13.8 Å². The van der Waals surface area contributed by atoms with E-state index >= 15 is 0 Å². The maximum atomic E-state index is 5.74. The summed E-state index contributed by atoms with van der Waals surface area (Å²) in [6.07, 6.45) is 0.800. The van der Waals surface area contributed by atoms with Crippen molar-refractivity contribution in [2.24, 2.45) is 5.84 Å². The van der Waals surface area contributed by atoms with Crippen LogP contribution in [0.5, 0.6) is 0 Å². The first-order valence-corrected chi connectivity index (χ1v) is 7.60. The molecular weight excluding hydrogens is 316 g/mol. The highest BCUT2D eigenvalue weighted by Crippen LogP contribution is 2.26. The fourth-order valence-electron chi connectivity index (χ4n) is 2.33. The highest BCUT2D eigenvalue weighted by Gasteiger charge is 2.18. The normalized spacial score (nSPS) is 12.7. The van der Waals surface area contributed by atoms with Gasteiger partial charge in [0.25, 0.3) is 0 Å². The first-order chi connectivity index (χ1) is 9.56. The first kappa shape index (κ1) is 15.2. The molecule has 108 valence electrons. The largest absolute Gasteiger partial charge is 0.271 e. The minimum Gasteiger partial charge on any atom is -0.271 e. The van der Waals surface area contributed by atoms with Crippen molar-refractivity contribution in [1.82, 2.24) is 15.2 Å². The van der Waals surface area contributed by atoms with Crippen LogP contribution in [0.2, 0.25) is 0 Å². The van der Waals surface area contributed by atoms with E-state index in [0.29, 0.717) is 0 Å². The summed E-state index contributed by atoms with van der Waals surface area (Å²) in [7, 11) is 0. The predicted molar refractivity (Wildman–Crippen MR) is 85.3 cm³/mol. The second-order valence-electron chi connectivity index (χ2n) is 5.00. The van der Waals surface area contributed by atoms with E-state index in [-0.39, 0.29) is 6.04 Å². The van der Waals surface area contributed by atoms with E-state index in [0.717, 1.165) is 23.1 Å². The number of rotatable bonds is 5. The van der Waals surface area contributed by atoms with Gasteiger partial charge in [0, 0.05) is 13.0 Å². The van der Waals surface area contributed by atoms with Crippen LogP contribution in [0.4, 0.5) is 0 Å². The molecule has 2 aromatic rings. The molecule has 0 aliphatic rings. The molecule has 0 saturated heterocycles. The Morgan fingerprint density at radius 3 is 2.50 bits per heavy atom. The summed E-state index contributed by atoms with van der Waals surface area (Å²) in [5.74, 6) is 5.74. The number of aryl methyl sites for hydroxylation is 3. The Morgan fingerprint density at radius 1 is 1.30 bits per heavy atom. The molecule has 0 radical (unpaired) electrons. The van der Waals surface area contributed by atoms with Gasteiger partial charge in [-0.1, -0.05) is 29.8 Å². The Balaban J connectivity index is 2.28. The van der Waals surface area contributed by atoms with Gasteiger partial charge in [0.15, 0.2) is 0 Å². The number of halogens is 1. The average Bonchev–Trinajstić information content (AvgIpc) is 2.73. The Labute approximate surface area is 128 Å². The number of aromatic nitrogens is 2. The van der Waals surface area contributed by atoms with E-state index < -0.39 is 0 Å². The van der Waals surface area contributed by atoms with Gasteiger partial charge >= 0.3 is 0 Å². The topological polar surface area (TPSA) is 55.9 Å². The van der Waals surface area contributed by atoms with Crippen LogP contribution in [0.25, 0.3) is 0 Å². The minimum absolute atomic E-state index is 0.0771. The van der Waals surface area contributed by atoms with Gasteiger partial charge in [-0.15, -0.1) is 0 Å². The molecule has 0 saturated carbocycles. The van der Waals surface area contributed by atoms with Gasteiger partial charge in [-0.25, -0.2) is 0 Å². The first-order valence-electron chi connectivity index (χ1n) is 6.81. The fourth-order valence-corrected chi connectivity index (χ4v) is 2.77. The molecule has 1 aromatic heterocycles. The van der Waals surface area contributed by atoms with E-state index in [1.807, 2.05) is 11.6 Å². The maximum Gasteiger partial charge on any atom is 0.0738 e. The SMILES string of the molecule is CCn1nc(C)c(Br)c1CC(NN)c1ccc(C)cc1. The van der Waals surface area contributed by atoms with Gasteiger partial charge in [0.2, 0.25) is 0 Å². The summed E-state index contributed by atoms with van der Waals surface area (Å²) in [6.45, 7) is 7.05. The van der Waals surface area contributed by atoms with Gasteiger partial charge in [0.1, 0.15) is 0 Å². The van der Waals surface area contributed by atoms with Crippen LogP contribution in [-0.4, -0.2) is 9.78 Å². The number of hydrogen-bond acceptors (Lipinski definition) is 3. The summed E-state index contributed by atoms with van der Waals surface area (Å²) in [5, 5.41) is 4.52.